The monoisotopic (exact) mass is 343 g/mol. The molecule has 0 aliphatic heterocycles. The van der Waals surface area contributed by atoms with Crippen molar-refractivity contribution in [3.8, 4) is 11.5 Å². The fourth-order valence-corrected chi connectivity index (χ4v) is 2.77. The molecule has 0 saturated heterocycles. The maximum absolute atomic E-state index is 5.90. The molecule has 0 bridgehead atoms. The van der Waals surface area contributed by atoms with Crippen LogP contribution < -0.4 is 15.0 Å². The van der Waals surface area contributed by atoms with Gasteiger partial charge in [0, 0.05) is 24.3 Å². The number of para-hydroxylation sites is 1. The van der Waals surface area contributed by atoms with E-state index in [9.17, 15) is 0 Å². The lowest BCUT2D eigenvalue weighted by Crippen LogP contribution is -2.43. The van der Waals surface area contributed by atoms with Crippen molar-refractivity contribution in [1.29, 1.82) is 0 Å². The molecule has 0 unspecified atom stereocenters. The van der Waals surface area contributed by atoms with Crippen LogP contribution >= 0.6 is 0 Å². The van der Waals surface area contributed by atoms with Crippen molar-refractivity contribution < 1.29 is 9.30 Å². The minimum Gasteiger partial charge on any atom is -0.457 e. The van der Waals surface area contributed by atoms with Gasteiger partial charge < -0.3 is 10.5 Å². The first-order valence-corrected chi connectivity index (χ1v) is 8.66. The summed E-state index contributed by atoms with van der Waals surface area (Å²) in [5.41, 5.74) is 8.97. The van der Waals surface area contributed by atoms with Crippen LogP contribution in [0.2, 0.25) is 0 Å². The largest absolute Gasteiger partial charge is 0.457 e. The molecule has 0 amide bonds. The molecule has 3 rings (SSSR count). The van der Waals surface area contributed by atoms with Crippen LogP contribution in [0.15, 0.2) is 79.4 Å². The van der Waals surface area contributed by atoms with Crippen molar-refractivity contribution in [1.82, 2.24) is 0 Å². The predicted molar refractivity (Wildman–Crippen MR) is 108 cm³/mol. The molecule has 26 heavy (non-hydrogen) atoms. The Labute approximate surface area is 154 Å². The Bertz CT molecular complexity index is 901. The first kappa shape index (κ1) is 17.6. The van der Waals surface area contributed by atoms with Gasteiger partial charge in [-0.1, -0.05) is 36.9 Å². The van der Waals surface area contributed by atoms with Crippen LogP contribution in [0, 0.1) is 0 Å². The van der Waals surface area contributed by atoms with Gasteiger partial charge in [-0.15, -0.1) is 0 Å². The first-order valence-electron chi connectivity index (χ1n) is 8.66. The molecule has 0 aliphatic carbocycles. The molecule has 3 nitrogen and oxygen atoms in total. The first-order chi connectivity index (χ1) is 12.8. The van der Waals surface area contributed by atoms with E-state index in [-0.39, 0.29) is 0 Å². The quantitative estimate of drug-likeness (QED) is 0.640. The van der Waals surface area contributed by atoms with Gasteiger partial charge in [0.1, 0.15) is 11.5 Å². The minimum atomic E-state index is 0.580. The Kier molecular flexibility index (Phi) is 5.96. The van der Waals surface area contributed by atoms with Gasteiger partial charge >= 0.3 is 0 Å². The second-order valence-electron chi connectivity index (χ2n) is 5.84. The van der Waals surface area contributed by atoms with E-state index in [1.807, 2.05) is 66.7 Å². The zero-order valence-electron chi connectivity index (χ0n) is 14.7. The van der Waals surface area contributed by atoms with Gasteiger partial charge in [0.05, 0.1) is 6.54 Å². The summed E-state index contributed by atoms with van der Waals surface area (Å²) in [7, 11) is 0. The lowest BCUT2D eigenvalue weighted by Gasteiger charge is -2.06. The molecule has 2 aromatic carbocycles. The third-order valence-corrected chi connectivity index (χ3v) is 4.00. The summed E-state index contributed by atoms with van der Waals surface area (Å²) < 4.78 is 8.06. The van der Waals surface area contributed by atoms with Gasteiger partial charge in [-0.05, 0) is 42.0 Å². The summed E-state index contributed by atoms with van der Waals surface area (Å²) in [5.74, 6) is 1.64. The molecule has 3 aromatic rings. The topological polar surface area (TPSA) is 39.1 Å². The molecule has 0 spiro atoms. The SMILES string of the molecule is C=Cc1cccc(/C=C/c2cccc(Oc3ccccc3)c2)[n+]1CCN. The van der Waals surface area contributed by atoms with Gasteiger partial charge in [0.2, 0.25) is 11.4 Å². The van der Waals surface area contributed by atoms with E-state index in [1.165, 1.54) is 0 Å². The Morgan fingerprint density at radius 3 is 2.35 bits per heavy atom. The molecule has 2 N–H and O–H groups in total. The van der Waals surface area contributed by atoms with Gasteiger partial charge in [0.15, 0.2) is 6.54 Å². The van der Waals surface area contributed by atoms with Gasteiger partial charge in [-0.3, -0.25) is 0 Å². The number of ether oxygens (including phenoxy) is 1. The highest BCUT2D eigenvalue weighted by Gasteiger charge is 2.11. The summed E-state index contributed by atoms with van der Waals surface area (Å²) in [4.78, 5) is 0. The molecule has 0 fully saturated rings. The average molecular weight is 343 g/mol. The van der Waals surface area contributed by atoms with E-state index in [2.05, 4.69) is 35.4 Å². The fraction of sp³-hybridized carbons (Fsp3) is 0.0870. The molecule has 1 heterocycles. The van der Waals surface area contributed by atoms with E-state index in [0.717, 1.165) is 35.0 Å². The summed E-state index contributed by atoms with van der Waals surface area (Å²) in [6.07, 6.45) is 6.01. The van der Waals surface area contributed by atoms with Gasteiger partial charge in [-0.2, -0.15) is 4.57 Å². The van der Waals surface area contributed by atoms with E-state index in [1.54, 1.807) is 0 Å². The number of aromatic nitrogens is 1. The zero-order chi connectivity index (χ0) is 18.2. The number of nitrogens with zero attached hydrogens (tertiary/aromatic N) is 1. The second-order valence-corrected chi connectivity index (χ2v) is 5.84. The van der Waals surface area contributed by atoms with Crippen LogP contribution in [0.1, 0.15) is 17.0 Å². The fourth-order valence-electron chi connectivity index (χ4n) is 2.77. The third-order valence-electron chi connectivity index (χ3n) is 4.00. The number of nitrogens with two attached hydrogens (primary N) is 1. The molecule has 1 aromatic heterocycles. The van der Waals surface area contributed by atoms with Crippen molar-refractivity contribution in [3.63, 3.8) is 0 Å². The predicted octanol–water partition coefficient (Wildman–Crippen LogP) is 4.54. The summed E-state index contributed by atoms with van der Waals surface area (Å²) in [6.45, 7) is 5.21. The van der Waals surface area contributed by atoms with Crippen LogP contribution in [-0.4, -0.2) is 6.54 Å². The molecule has 0 atom stereocenters. The standard InChI is InChI=1S/C23H23N2O/c1-2-20-9-7-10-21(25(20)17-16-24)15-14-19-8-6-13-23(18-19)26-22-11-4-3-5-12-22/h2-15,18H,1,16-17,24H2/q+1/b15-14+. The van der Waals surface area contributed by atoms with E-state index in [0.29, 0.717) is 6.54 Å². The molecular formula is C23H23N2O+. The Balaban J connectivity index is 1.83. The third kappa shape index (κ3) is 4.47. The highest BCUT2D eigenvalue weighted by atomic mass is 16.5. The normalized spacial score (nSPS) is 10.8. The molecule has 0 saturated carbocycles. The lowest BCUT2D eigenvalue weighted by atomic mass is 10.1. The Morgan fingerprint density at radius 1 is 0.846 bits per heavy atom. The number of hydrogen-bond donors (Lipinski definition) is 1. The summed E-state index contributed by atoms with van der Waals surface area (Å²) in [6, 6.07) is 23.9. The van der Waals surface area contributed by atoms with Crippen molar-refractivity contribution in [2.24, 2.45) is 5.73 Å². The van der Waals surface area contributed by atoms with Crippen molar-refractivity contribution in [2.45, 2.75) is 6.54 Å². The van der Waals surface area contributed by atoms with Crippen LogP contribution in [0.3, 0.4) is 0 Å². The van der Waals surface area contributed by atoms with Crippen LogP contribution in [0.5, 0.6) is 11.5 Å². The van der Waals surface area contributed by atoms with Gasteiger partial charge in [0.25, 0.3) is 0 Å². The second kappa shape index (κ2) is 8.79. The number of benzene rings is 2. The van der Waals surface area contributed by atoms with Crippen LogP contribution in [0.25, 0.3) is 18.2 Å². The van der Waals surface area contributed by atoms with Crippen molar-refractivity contribution in [3.05, 3.63) is 96.3 Å². The molecule has 130 valence electrons. The van der Waals surface area contributed by atoms with Crippen LogP contribution in [0.4, 0.5) is 0 Å². The minimum absolute atomic E-state index is 0.580. The summed E-state index contributed by atoms with van der Waals surface area (Å²) >= 11 is 0. The zero-order valence-corrected chi connectivity index (χ0v) is 14.7. The van der Waals surface area contributed by atoms with Crippen molar-refractivity contribution >= 4 is 18.2 Å². The van der Waals surface area contributed by atoms with Crippen LogP contribution in [-0.2, 0) is 6.54 Å². The molecular weight excluding hydrogens is 320 g/mol. The smallest absolute Gasteiger partial charge is 0.205 e. The van der Waals surface area contributed by atoms with E-state index >= 15 is 0 Å². The van der Waals surface area contributed by atoms with E-state index < -0.39 is 0 Å². The molecule has 0 radical (unpaired) electrons. The van der Waals surface area contributed by atoms with E-state index in [4.69, 9.17) is 10.5 Å². The molecule has 3 heteroatoms. The maximum atomic E-state index is 5.90. The Hall–Kier alpha value is -3.17. The number of rotatable bonds is 7. The Morgan fingerprint density at radius 2 is 1.58 bits per heavy atom. The molecule has 0 aliphatic rings. The number of hydrogen-bond acceptors (Lipinski definition) is 2. The lowest BCUT2D eigenvalue weighted by molar-refractivity contribution is -0.697. The van der Waals surface area contributed by atoms with Crippen molar-refractivity contribution in [2.75, 3.05) is 6.54 Å². The number of pyridine rings is 1. The highest BCUT2D eigenvalue weighted by Crippen LogP contribution is 2.22. The maximum Gasteiger partial charge on any atom is 0.205 e. The highest BCUT2D eigenvalue weighted by molar-refractivity contribution is 5.68. The average Bonchev–Trinajstić information content (AvgIpc) is 2.68. The summed E-state index contributed by atoms with van der Waals surface area (Å²) in [5, 5.41) is 0. The van der Waals surface area contributed by atoms with Gasteiger partial charge in [-0.25, -0.2) is 0 Å².